The van der Waals surface area contributed by atoms with Crippen LogP contribution in [-0.4, -0.2) is 66.2 Å². The lowest BCUT2D eigenvalue weighted by Gasteiger charge is -2.28. The molecular weight excluding hydrogens is 352 g/mol. The van der Waals surface area contributed by atoms with Gasteiger partial charge in [0.1, 0.15) is 5.82 Å². The third kappa shape index (κ3) is 5.28. The molecule has 1 aromatic heterocycles. The second-order valence-corrected chi connectivity index (χ2v) is 7.96. The Balaban J connectivity index is 1.67. The molecule has 1 aliphatic heterocycles. The van der Waals surface area contributed by atoms with Crippen molar-refractivity contribution in [2.45, 2.75) is 33.2 Å². The van der Waals surface area contributed by atoms with E-state index in [9.17, 15) is 4.79 Å². The number of morpholine rings is 1. The van der Waals surface area contributed by atoms with E-state index in [4.69, 9.17) is 4.74 Å². The highest BCUT2D eigenvalue weighted by atomic mass is 16.5. The number of H-pyrrole nitrogens is 1. The van der Waals surface area contributed by atoms with E-state index in [1.54, 1.807) is 0 Å². The van der Waals surface area contributed by atoms with E-state index in [2.05, 4.69) is 38.9 Å². The van der Waals surface area contributed by atoms with Gasteiger partial charge in [-0.25, -0.2) is 4.98 Å². The SMILES string of the molecule is Cc1nc(-c2cccc(CN(C)CCN3CCOCC3)c2)[nH]c(=O)c1C(C)C. The molecule has 1 aromatic carbocycles. The normalized spacial score (nSPS) is 15.5. The minimum absolute atomic E-state index is 0.0365. The Labute approximate surface area is 167 Å². The first-order valence-corrected chi connectivity index (χ1v) is 10.1. The first-order valence-electron chi connectivity index (χ1n) is 10.1. The molecule has 6 nitrogen and oxygen atoms in total. The smallest absolute Gasteiger partial charge is 0.254 e. The Morgan fingerprint density at radius 3 is 2.71 bits per heavy atom. The number of benzene rings is 1. The zero-order valence-electron chi connectivity index (χ0n) is 17.5. The molecule has 1 saturated heterocycles. The van der Waals surface area contributed by atoms with Gasteiger partial charge in [0.05, 0.1) is 13.2 Å². The maximum Gasteiger partial charge on any atom is 0.254 e. The highest BCUT2D eigenvalue weighted by Gasteiger charge is 2.14. The predicted molar refractivity (Wildman–Crippen MR) is 113 cm³/mol. The van der Waals surface area contributed by atoms with Crippen LogP contribution in [0.3, 0.4) is 0 Å². The Hall–Kier alpha value is -2.02. The van der Waals surface area contributed by atoms with Crippen molar-refractivity contribution < 1.29 is 4.74 Å². The maximum atomic E-state index is 12.5. The summed E-state index contributed by atoms with van der Waals surface area (Å²) in [5.41, 5.74) is 3.71. The third-order valence-corrected chi connectivity index (χ3v) is 5.28. The molecule has 2 aromatic rings. The van der Waals surface area contributed by atoms with Crippen molar-refractivity contribution in [2.75, 3.05) is 46.4 Å². The molecule has 0 bridgehead atoms. The lowest BCUT2D eigenvalue weighted by Crippen LogP contribution is -2.40. The van der Waals surface area contributed by atoms with Crippen LogP contribution in [0.2, 0.25) is 0 Å². The van der Waals surface area contributed by atoms with Gasteiger partial charge < -0.3 is 14.6 Å². The van der Waals surface area contributed by atoms with E-state index in [0.29, 0.717) is 5.82 Å². The van der Waals surface area contributed by atoms with Crippen LogP contribution in [0.4, 0.5) is 0 Å². The highest BCUT2D eigenvalue weighted by Crippen LogP contribution is 2.19. The van der Waals surface area contributed by atoms with Crippen LogP contribution < -0.4 is 5.56 Å². The van der Waals surface area contributed by atoms with Crippen molar-refractivity contribution in [1.29, 1.82) is 0 Å². The van der Waals surface area contributed by atoms with Crippen LogP contribution in [0.15, 0.2) is 29.1 Å². The molecule has 3 rings (SSSR count). The van der Waals surface area contributed by atoms with Gasteiger partial charge in [-0.05, 0) is 31.5 Å². The summed E-state index contributed by atoms with van der Waals surface area (Å²) in [6.45, 7) is 12.6. The van der Waals surface area contributed by atoms with Gasteiger partial charge in [-0.1, -0.05) is 32.0 Å². The predicted octanol–water partition coefficient (Wildman–Crippen LogP) is 2.63. The van der Waals surface area contributed by atoms with E-state index in [1.165, 1.54) is 5.56 Å². The molecule has 152 valence electrons. The first-order chi connectivity index (χ1) is 13.4. The van der Waals surface area contributed by atoms with Crippen molar-refractivity contribution in [3.05, 3.63) is 51.4 Å². The molecule has 6 heteroatoms. The third-order valence-electron chi connectivity index (χ3n) is 5.28. The van der Waals surface area contributed by atoms with Crippen LogP contribution >= 0.6 is 0 Å². The van der Waals surface area contributed by atoms with E-state index in [1.807, 2.05) is 32.9 Å². The minimum atomic E-state index is -0.0365. The van der Waals surface area contributed by atoms with Crippen molar-refractivity contribution in [2.24, 2.45) is 0 Å². The molecule has 28 heavy (non-hydrogen) atoms. The molecule has 0 aliphatic carbocycles. The number of aromatic amines is 1. The number of nitrogens with zero attached hydrogens (tertiary/aromatic N) is 3. The minimum Gasteiger partial charge on any atom is -0.379 e. The number of ether oxygens (including phenoxy) is 1. The average molecular weight is 385 g/mol. The van der Waals surface area contributed by atoms with E-state index in [0.717, 1.165) is 62.8 Å². The van der Waals surface area contributed by atoms with E-state index < -0.39 is 0 Å². The number of aromatic nitrogens is 2. The van der Waals surface area contributed by atoms with Crippen LogP contribution in [0.25, 0.3) is 11.4 Å². The van der Waals surface area contributed by atoms with Crippen molar-refractivity contribution >= 4 is 0 Å². The number of hydrogen-bond donors (Lipinski definition) is 1. The largest absolute Gasteiger partial charge is 0.379 e. The second-order valence-electron chi connectivity index (χ2n) is 7.96. The maximum absolute atomic E-state index is 12.5. The summed E-state index contributed by atoms with van der Waals surface area (Å²) >= 11 is 0. The highest BCUT2D eigenvalue weighted by molar-refractivity contribution is 5.56. The monoisotopic (exact) mass is 384 g/mol. The Morgan fingerprint density at radius 1 is 1.29 bits per heavy atom. The zero-order valence-corrected chi connectivity index (χ0v) is 17.5. The molecular formula is C22H32N4O2. The van der Waals surface area contributed by atoms with Gasteiger partial charge in [0.2, 0.25) is 0 Å². The summed E-state index contributed by atoms with van der Waals surface area (Å²) in [7, 11) is 2.15. The molecule has 1 N–H and O–H groups in total. The van der Waals surface area contributed by atoms with Gasteiger partial charge >= 0.3 is 0 Å². The quantitative estimate of drug-likeness (QED) is 0.795. The van der Waals surface area contributed by atoms with Crippen LogP contribution in [0.1, 0.15) is 36.6 Å². The van der Waals surface area contributed by atoms with Crippen molar-refractivity contribution in [1.82, 2.24) is 19.8 Å². The summed E-state index contributed by atoms with van der Waals surface area (Å²) in [5, 5.41) is 0. The Morgan fingerprint density at radius 2 is 2.04 bits per heavy atom. The summed E-state index contributed by atoms with van der Waals surface area (Å²) < 4.78 is 5.41. The number of aryl methyl sites for hydroxylation is 1. The topological polar surface area (TPSA) is 61.5 Å². The average Bonchev–Trinajstić information content (AvgIpc) is 2.66. The molecule has 2 heterocycles. The van der Waals surface area contributed by atoms with Gasteiger partial charge in [-0.3, -0.25) is 9.69 Å². The van der Waals surface area contributed by atoms with Gasteiger partial charge in [0, 0.05) is 49.5 Å². The fraction of sp³-hybridized carbons (Fsp3) is 0.545. The Kier molecular flexibility index (Phi) is 6.99. The van der Waals surface area contributed by atoms with Gasteiger partial charge in [0.25, 0.3) is 5.56 Å². The fourth-order valence-corrected chi connectivity index (χ4v) is 3.76. The number of nitrogens with one attached hydrogen (secondary N) is 1. The standard InChI is InChI=1S/C22H32N4O2/c1-16(2)20-17(3)23-21(24-22(20)27)19-7-5-6-18(14-19)15-25(4)8-9-26-10-12-28-13-11-26/h5-7,14,16H,8-13,15H2,1-4H3,(H,23,24,27). The fourth-order valence-electron chi connectivity index (χ4n) is 3.76. The summed E-state index contributed by atoms with van der Waals surface area (Å²) in [5.74, 6) is 0.807. The van der Waals surface area contributed by atoms with Gasteiger partial charge in [-0.2, -0.15) is 0 Å². The molecule has 0 atom stereocenters. The summed E-state index contributed by atoms with van der Waals surface area (Å²) in [4.78, 5) is 24.9. The molecule has 0 saturated carbocycles. The summed E-state index contributed by atoms with van der Waals surface area (Å²) in [6, 6.07) is 8.29. The Bertz CT molecular complexity index is 841. The summed E-state index contributed by atoms with van der Waals surface area (Å²) in [6.07, 6.45) is 0. The molecule has 1 fully saturated rings. The van der Waals surface area contributed by atoms with Crippen LogP contribution in [0, 0.1) is 6.92 Å². The molecule has 0 spiro atoms. The lowest BCUT2D eigenvalue weighted by molar-refractivity contribution is 0.0342. The van der Waals surface area contributed by atoms with Crippen molar-refractivity contribution in [3.8, 4) is 11.4 Å². The molecule has 0 unspecified atom stereocenters. The molecule has 0 amide bonds. The van der Waals surface area contributed by atoms with Gasteiger partial charge in [0.15, 0.2) is 0 Å². The van der Waals surface area contributed by atoms with Crippen LogP contribution in [-0.2, 0) is 11.3 Å². The second kappa shape index (κ2) is 9.45. The number of likely N-dealkylation sites (N-methyl/N-ethyl adjacent to an activating group) is 1. The first kappa shape index (κ1) is 20.7. The van der Waals surface area contributed by atoms with Gasteiger partial charge in [-0.15, -0.1) is 0 Å². The van der Waals surface area contributed by atoms with E-state index in [-0.39, 0.29) is 11.5 Å². The number of hydrogen-bond acceptors (Lipinski definition) is 5. The van der Waals surface area contributed by atoms with Crippen molar-refractivity contribution in [3.63, 3.8) is 0 Å². The van der Waals surface area contributed by atoms with Crippen LogP contribution in [0.5, 0.6) is 0 Å². The molecule has 0 radical (unpaired) electrons. The van der Waals surface area contributed by atoms with E-state index >= 15 is 0 Å². The zero-order chi connectivity index (χ0) is 20.1. The lowest BCUT2D eigenvalue weighted by atomic mass is 10.0. The number of rotatable bonds is 7. The molecule has 1 aliphatic rings.